The Balaban J connectivity index is 2.17. The lowest BCUT2D eigenvalue weighted by atomic mass is 10.2. The van der Waals surface area contributed by atoms with Gasteiger partial charge >= 0.3 is 6.18 Å². The molecule has 0 bridgehead atoms. The standard InChI is InChI=1S/C16H17BrF3N3O2/c1-2-23(15-4-3-7-21-22-15)9-11-8-12(17)5-6-13(11)25-10-14(24)16(18,19)20/h3-8,14,24H,2,9-10H2,1H3. The summed E-state index contributed by atoms with van der Waals surface area (Å²) < 4.78 is 43.3. The molecule has 0 aliphatic rings. The summed E-state index contributed by atoms with van der Waals surface area (Å²) in [4.78, 5) is 1.90. The van der Waals surface area contributed by atoms with Crippen LogP contribution in [0.1, 0.15) is 12.5 Å². The molecule has 0 aliphatic carbocycles. The lowest BCUT2D eigenvalue weighted by Gasteiger charge is -2.23. The van der Waals surface area contributed by atoms with E-state index in [0.717, 1.165) is 4.47 Å². The van der Waals surface area contributed by atoms with Crippen molar-refractivity contribution in [2.75, 3.05) is 18.1 Å². The van der Waals surface area contributed by atoms with E-state index >= 15 is 0 Å². The van der Waals surface area contributed by atoms with Gasteiger partial charge < -0.3 is 14.7 Å². The van der Waals surface area contributed by atoms with Crippen LogP contribution in [0.5, 0.6) is 5.75 Å². The van der Waals surface area contributed by atoms with Gasteiger partial charge in [0, 0.05) is 29.3 Å². The van der Waals surface area contributed by atoms with Crippen molar-refractivity contribution in [2.24, 2.45) is 0 Å². The number of nitrogens with zero attached hydrogens (tertiary/aromatic N) is 3. The van der Waals surface area contributed by atoms with Crippen molar-refractivity contribution in [1.82, 2.24) is 10.2 Å². The summed E-state index contributed by atoms with van der Waals surface area (Å²) in [5.74, 6) is 0.917. The van der Waals surface area contributed by atoms with E-state index in [1.54, 1.807) is 36.5 Å². The maximum atomic E-state index is 12.4. The molecule has 1 aromatic heterocycles. The molecule has 5 nitrogen and oxygen atoms in total. The van der Waals surface area contributed by atoms with Crippen LogP contribution in [0.25, 0.3) is 0 Å². The van der Waals surface area contributed by atoms with Gasteiger partial charge in [0.1, 0.15) is 12.4 Å². The predicted octanol–water partition coefficient (Wildman–Crippen LogP) is 3.57. The Morgan fingerprint density at radius 3 is 2.68 bits per heavy atom. The van der Waals surface area contributed by atoms with Crippen LogP contribution >= 0.6 is 15.9 Å². The predicted molar refractivity (Wildman–Crippen MR) is 90.5 cm³/mol. The first kappa shape index (κ1) is 19.5. The van der Waals surface area contributed by atoms with Crippen LogP contribution in [0.2, 0.25) is 0 Å². The van der Waals surface area contributed by atoms with Crippen LogP contribution in [0.15, 0.2) is 41.0 Å². The summed E-state index contributed by atoms with van der Waals surface area (Å²) in [6.07, 6.45) is -5.69. The average molecular weight is 420 g/mol. The number of aromatic nitrogens is 2. The van der Waals surface area contributed by atoms with Crippen LogP contribution < -0.4 is 9.64 Å². The Labute approximate surface area is 151 Å². The van der Waals surface area contributed by atoms with E-state index < -0.39 is 18.9 Å². The van der Waals surface area contributed by atoms with Gasteiger partial charge in [0.25, 0.3) is 0 Å². The van der Waals surface area contributed by atoms with Gasteiger partial charge in [-0.05, 0) is 37.3 Å². The zero-order valence-electron chi connectivity index (χ0n) is 13.4. The summed E-state index contributed by atoms with van der Waals surface area (Å²) in [5, 5.41) is 17.0. The molecule has 25 heavy (non-hydrogen) atoms. The number of aliphatic hydroxyl groups excluding tert-OH is 1. The zero-order chi connectivity index (χ0) is 18.4. The van der Waals surface area contributed by atoms with Crippen LogP contribution in [0, 0.1) is 0 Å². The van der Waals surface area contributed by atoms with Crippen LogP contribution in [-0.4, -0.2) is 40.7 Å². The Bertz CT molecular complexity index is 686. The van der Waals surface area contributed by atoms with Crippen molar-refractivity contribution >= 4 is 21.7 Å². The van der Waals surface area contributed by atoms with E-state index in [1.807, 2.05) is 11.8 Å². The molecule has 136 valence electrons. The van der Waals surface area contributed by atoms with E-state index in [-0.39, 0.29) is 5.75 Å². The number of alkyl halides is 3. The van der Waals surface area contributed by atoms with Gasteiger partial charge in [-0.1, -0.05) is 15.9 Å². The summed E-state index contributed by atoms with van der Waals surface area (Å²) in [6.45, 7) is 2.05. The van der Waals surface area contributed by atoms with Crippen molar-refractivity contribution in [3.05, 3.63) is 46.6 Å². The van der Waals surface area contributed by atoms with E-state index in [1.165, 1.54) is 0 Å². The molecule has 1 aromatic carbocycles. The fraction of sp³-hybridized carbons (Fsp3) is 0.375. The minimum Gasteiger partial charge on any atom is -0.490 e. The number of halogens is 4. The SMILES string of the molecule is CCN(Cc1cc(Br)ccc1OCC(O)C(F)(F)F)c1cccnn1. The molecule has 0 fully saturated rings. The van der Waals surface area contributed by atoms with Crippen molar-refractivity contribution < 1.29 is 23.0 Å². The number of hydrogen-bond acceptors (Lipinski definition) is 5. The van der Waals surface area contributed by atoms with E-state index in [9.17, 15) is 13.2 Å². The van der Waals surface area contributed by atoms with Gasteiger partial charge in [-0.15, -0.1) is 5.10 Å². The van der Waals surface area contributed by atoms with Crippen LogP contribution in [0.4, 0.5) is 19.0 Å². The Kier molecular flexibility index (Phi) is 6.60. The summed E-state index contributed by atoms with van der Waals surface area (Å²) in [7, 11) is 0. The second-order valence-electron chi connectivity index (χ2n) is 5.22. The third kappa shape index (κ3) is 5.57. The summed E-state index contributed by atoms with van der Waals surface area (Å²) in [6, 6.07) is 8.53. The van der Waals surface area contributed by atoms with Crippen molar-refractivity contribution in [3.8, 4) is 5.75 Å². The summed E-state index contributed by atoms with van der Waals surface area (Å²) >= 11 is 3.34. The number of aliphatic hydroxyl groups is 1. The minimum absolute atomic E-state index is 0.272. The lowest BCUT2D eigenvalue weighted by molar-refractivity contribution is -0.210. The van der Waals surface area contributed by atoms with Crippen molar-refractivity contribution in [1.29, 1.82) is 0 Å². The number of ether oxygens (including phenoxy) is 1. The van der Waals surface area contributed by atoms with E-state index in [0.29, 0.717) is 24.5 Å². The maximum Gasteiger partial charge on any atom is 0.417 e. The first-order chi connectivity index (χ1) is 11.8. The van der Waals surface area contributed by atoms with Crippen molar-refractivity contribution in [2.45, 2.75) is 25.7 Å². The molecule has 0 saturated carbocycles. The highest BCUT2D eigenvalue weighted by Crippen LogP contribution is 2.27. The molecule has 2 rings (SSSR count). The highest BCUT2D eigenvalue weighted by atomic mass is 79.9. The Hall–Kier alpha value is -1.87. The van der Waals surface area contributed by atoms with Gasteiger partial charge in [0.2, 0.25) is 0 Å². The second-order valence-corrected chi connectivity index (χ2v) is 6.13. The van der Waals surface area contributed by atoms with Gasteiger partial charge in [-0.2, -0.15) is 18.3 Å². The third-order valence-corrected chi connectivity index (χ3v) is 3.92. The highest BCUT2D eigenvalue weighted by molar-refractivity contribution is 9.10. The smallest absolute Gasteiger partial charge is 0.417 e. The molecule has 0 amide bonds. The molecule has 2 aromatic rings. The normalized spacial score (nSPS) is 12.7. The van der Waals surface area contributed by atoms with Crippen LogP contribution in [-0.2, 0) is 6.54 Å². The Morgan fingerprint density at radius 1 is 1.32 bits per heavy atom. The summed E-state index contributed by atoms with van der Waals surface area (Å²) in [5.41, 5.74) is 0.663. The monoisotopic (exact) mass is 419 g/mol. The quantitative estimate of drug-likeness (QED) is 0.743. The molecule has 0 aliphatic heterocycles. The van der Waals surface area contributed by atoms with Gasteiger partial charge in [-0.25, -0.2) is 0 Å². The molecule has 9 heteroatoms. The average Bonchev–Trinajstić information content (AvgIpc) is 2.58. The molecular formula is C16H17BrF3N3O2. The van der Waals surface area contributed by atoms with E-state index in [2.05, 4.69) is 26.1 Å². The topological polar surface area (TPSA) is 58.5 Å². The second kappa shape index (κ2) is 8.48. The van der Waals surface area contributed by atoms with Gasteiger partial charge in [0.15, 0.2) is 11.9 Å². The first-order valence-electron chi connectivity index (χ1n) is 7.50. The van der Waals surface area contributed by atoms with Crippen molar-refractivity contribution in [3.63, 3.8) is 0 Å². The molecule has 1 N–H and O–H groups in total. The number of anilines is 1. The molecule has 1 heterocycles. The number of hydrogen-bond donors (Lipinski definition) is 1. The minimum atomic E-state index is -4.72. The fourth-order valence-electron chi connectivity index (χ4n) is 2.10. The number of benzene rings is 1. The van der Waals surface area contributed by atoms with Gasteiger partial charge in [-0.3, -0.25) is 0 Å². The highest BCUT2D eigenvalue weighted by Gasteiger charge is 2.38. The molecule has 1 unspecified atom stereocenters. The molecular weight excluding hydrogens is 403 g/mol. The van der Waals surface area contributed by atoms with Gasteiger partial charge in [0.05, 0.1) is 0 Å². The van der Waals surface area contributed by atoms with E-state index in [4.69, 9.17) is 9.84 Å². The lowest BCUT2D eigenvalue weighted by Crippen LogP contribution is -2.34. The zero-order valence-corrected chi connectivity index (χ0v) is 15.0. The molecule has 0 saturated heterocycles. The molecule has 0 radical (unpaired) electrons. The Morgan fingerprint density at radius 2 is 2.08 bits per heavy atom. The largest absolute Gasteiger partial charge is 0.490 e. The first-order valence-corrected chi connectivity index (χ1v) is 8.29. The fourth-order valence-corrected chi connectivity index (χ4v) is 2.51. The van der Waals surface area contributed by atoms with Crippen LogP contribution in [0.3, 0.4) is 0 Å². The maximum absolute atomic E-state index is 12.4. The molecule has 1 atom stereocenters. The number of rotatable bonds is 7. The third-order valence-electron chi connectivity index (χ3n) is 3.42. The molecule has 0 spiro atoms.